The maximum atomic E-state index is 13.7. The van der Waals surface area contributed by atoms with E-state index in [0.29, 0.717) is 15.4 Å². The highest BCUT2D eigenvalue weighted by Gasteiger charge is 2.06. The molecule has 5 heteroatoms. The molecule has 0 aliphatic carbocycles. The van der Waals surface area contributed by atoms with Gasteiger partial charge >= 0.3 is 0 Å². The fourth-order valence-electron chi connectivity index (χ4n) is 1.54. The van der Waals surface area contributed by atoms with Gasteiger partial charge in [-0.15, -0.1) is 0 Å². The van der Waals surface area contributed by atoms with Gasteiger partial charge in [0.1, 0.15) is 6.61 Å². The van der Waals surface area contributed by atoms with Crippen LogP contribution >= 0.6 is 39.1 Å². The lowest BCUT2D eigenvalue weighted by Gasteiger charge is -2.09. The molecular weight excluding hydrogens is 354 g/mol. The number of halogens is 4. The molecule has 0 fully saturated rings. The topological polar surface area (TPSA) is 9.23 Å². The molecule has 0 aliphatic heterocycles. The van der Waals surface area contributed by atoms with Crippen LogP contribution in [-0.2, 0) is 11.9 Å². The summed E-state index contributed by atoms with van der Waals surface area (Å²) in [5, 5.41) is 1.55. The third kappa shape index (κ3) is 3.85. The minimum absolute atomic E-state index is 0.218. The first-order valence-electron chi connectivity index (χ1n) is 5.51. The predicted octanol–water partition coefficient (Wildman–Crippen LogP) is 5.61. The predicted molar refractivity (Wildman–Crippen MR) is 79.8 cm³/mol. The maximum Gasteiger partial charge on any atom is 0.165 e. The van der Waals surface area contributed by atoms with Gasteiger partial charge in [-0.05, 0) is 35.4 Å². The molecule has 0 spiro atoms. The van der Waals surface area contributed by atoms with E-state index in [9.17, 15) is 4.39 Å². The van der Waals surface area contributed by atoms with Crippen LogP contribution in [-0.4, -0.2) is 0 Å². The van der Waals surface area contributed by atoms with Gasteiger partial charge in [-0.3, -0.25) is 0 Å². The molecule has 2 aromatic carbocycles. The molecule has 0 unspecified atom stereocenters. The fourth-order valence-corrected chi connectivity index (χ4v) is 2.20. The summed E-state index contributed by atoms with van der Waals surface area (Å²) in [5.74, 6) is -0.159. The van der Waals surface area contributed by atoms with Gasteiger partial charge in [0.15, 0.2) is 11.6 Å². The van der Waals surface area contributed by atoms with Crippen molar-refractivity contribution in [3.8, 4) is 5.75 Å². The van der Waals surface area contributed by atoms with Crippen molar-refractivity contribution in [3.05, 3.63) is 63.4 Å². The van der Waals surface area contributed by atoms with Crippen LogP contribution in [0.2, 0.25) is 10.0 Å². The van der Waals surface area contributed by atoms with Gasteiger partial charge in [0.05, 0.1) is 10.0 Å². The second-order valence-electron chi connectivity index (χ2n) is 3.94. The van der Waals surface area contributed by atoms with E-state index < -0.39 is 0 Å². The van der Waals surface area contributed by atoms with E-state index in [0.717, 1.165) is 11.1 Å². The Morgan fingerprint density at radius 1 is 1.00 bits per heavy atom. The normalized spacial score (nSPS) is 10.5. The van der Waals surface area contributed by atoms with Gasteiger partial charge in [0.25, 0.3) is 0 Å². The summed E-state index contributed by atoms with van der Waals surface area (Å²) in [5.41, 5.74) is 1.69. The maximum absolute atomic E-state index is 13.7. The van der Waals surface area contributed by atoms with Crippen molar-refractivity contribution in [2.45, 2.75) is 11.9 Å². The Bertz CT molecular complexity index is 590. The second-order valence-corrected chi connectivity index (χ2v) is 5.31. The average Bonchev–Trinajstić information content (AvgIpc) is 2.41. The molecule has 0 N–H and O–H groups in total. The highest BCUT2D eigenvalue weighted by atomic mass is 79.9. The molecule has 100 valence electrons. The third-order valence-electron chi connectivity index (χ3n) is 2.53. The van der Waals surface area contributed by atoms with Gasteiger partial charge in [-0.1, -0.05) is 51.3 Å². The Morgan fingerprint density at radius 3 is 2.37 bits per heavy atom. The molecule has 0 atom stereocenters. The first-order chi connectivity index (χ1) is 9.10. The van der Waals surface area contributed by atoms with Crippen molar-refractivity contribution < 1.29 is 9.13 Å². The zero-order chi connectivity index (χ0) is 13.8. The minimum Gasteiger partial charge on any atom is -0.486 e. The summed E-state index contributed by atoms with van der Waals surface area (Å²) < 4.78 is 19.1. The van der Waals surface area contributed by atoms with E-state index in [1.165, 1.54) is 6.07 Å². The quantitative estimate of drug-likeness (QED) is 0.642. The van der Waals surface area contributed by atoms with Crippen molar-refractivity contribution in [2.24, 2.45) is 0 Å². The van der Waals surface area contributed by atoms with Crippen molar-refractivity contribution in [3.63, 3.8) is 0 Å². The molecule has 0 aromatic heterocycles. The summed E-state index contributed by atoms with van der Waals surface area (Å²) >= 11 is 15.0. The third-order valence-corrected chi connectivity index (χ3v) is 3.92. The molecule has 1 nitrogen and oxygen atoms in total. The molecule has 0 radical (unpaired) electrons. The van der Waals surface area contributed by atoms with E-state index in [2.05, 4.69) is 15.9 Å². The molecule has 0 aliphatic rings. The fraction of sp³-hybridized carbons (Fsp3) is 0.143. The number of rotatable bonds is 4. The zero-order valence-electron chi connectivity index (χ0n) is 9.80. The lowest BCUT2D eigenvalue weighted by molar-refractivity contribution is 0.290. The Hall–Kier alpha value is -0.770. The van der Waals surface area contributed by atoms with E-state index in [-0.39, 0.29) is 18.2 Å². The molecule has 0 amide bonds. The molecule has 0 heterocycles. The second kappa shape index (κ2) is 6.60. The molecule has 2 rings (SSSR count). The van der Waals surface area contributed by atoms with Crippen LogP contribution in [0.25, 0.3) is 0 Å². The number of ether oxygens (including phenoxy) is 1. The molecule has 0 saturated carbocycles. The summed E-state index contributed by atoms with van der Waals surface area (Å²) in [6, 6.07) is 10.0. The van der Waals surface area contributed by atoms with Gasteiger partial charge in [-0.2, -0.15) is 0 Å². The van der Waals surface area contributed by atoms with Crippen molar-refractivity contribution in [2.75, 3.05) is 0 Å². The smallest absolute Gasteiger partial charge is 0.165 e. The monoisotopic (exact) mass is 362 g/mol. The van der Waals surface area contributed by atoms with Gasteiger partial charge < -0.3 is 4.74 Å². The largest absolute Gasteiger partial charge is 0.486 e. The summed E-state index contributed by atoms with van der Waals surface area (Å²) in [4.78, 5) is 0. The Kier molecular flexibility index (Phi) is 5.08. The van der Waals surface area contributed by atoms with E-state index in [1.807, 2.05) is 6.07 Å². The summed E-state index contributed by atoms with van der Waals surface area (Å²) in [6.45, 7) is 0.238. The Morgan fingerprint density at radius 2 is 1.74 bits per heavy atom. The van der Waals surface area contributed by atoms with Gasteiger partial charge in [-0.25, -0.2) is 4.39 Å². The van der Waals surface area contributed by atoms with E-state index >= 15 is 0 Å². The van der Waals surface area contributed by atoms with E-state index in [4.69, 9.17) is 27.9 Å². The lowest BCUT2D eigenvalue weighted by Crippen LogP contribution is -1.98. The molecule has 0 saturated heterocycles. The SMILES string of the molecule is Fc1cc(CBr)ccc1OCc1ccc(Cl)c(Cl)c1. The van der Waals surface area contributed by atoms with Crippen LogP contribution in [0, 0.1) is 5.82 Å². The van der Waals surface area contributed by atoms with Crippen molar-refractivity contribution in [1.29, 1.82) is 0 Å². The Labute approximate surface area is 129 Å². The van der Waals surface area contributed by atoms with Crippen molar-refractivity contribution in [1.82, 2.24) is 0 Å². The molecular formula is C14H10BrCl2FO. The van der Waals surface area contributed by atoms with Gasteiger partial charge in [0, 0.05) is 5.33 Å². The van der Waals surface area contributed by atoms with Crippen LogP contribution < -0.4 is 4.74 Å². The average molecular weight is 364 g/mol. The first kappa shape index (κ1) is 14.6. The molecule has 2 aromatic rings. The molecule has 19 heavy (non-hydrogen) atoms. The highest BCUT2D eigenvalue weighted by Crippen LogP contribution is 2.24. The number of alkyl halides is 1. The van der Waals surface area contributed by atoms with Crippen LogP contribution in [0.5, 0.6) is 5.75 Å². The molecule has 0 bridgehead atoms. The minimum atomic E-state index is -0.378. The first-order valence-corrected chi connectivity index (χ1v) is 7.39. The van der Waals surface area contributed by atoms with Crippen LogP contribution in [0.4, 0.5) is 4.39 Å². The van der Waals surface area contributed by atoms with E-state index in [1.54, 1.807) is 24.3 Å². The van der Waals surface area contributed by atoms with Crippen LogP contribution in [0.3, 0.4) is 0 Å². The number of benzene rings is 2. The van der Waals surface area contributed by atoms with Gasteiger partial charge in [0.2, 0.25) is 0 Å². The summed E-state index contributed by atoms with van der Waals surface area (Å²) in [6.07, 6.45) is 0. The zero-order valence-corrected chi connectivity index (χ0v) is 12.9. The number of hydrogen-bond donors (Lipinski definition) is 0. The summed E-state index contributed by atoms with van der Waals surface area (Å²) in [7, 11) is 0. The number of hydrogen-bond acceptors (Lipinski definition) is 1. The lowest BCUT2D eigenvalue weighted by atomic mass is 10.2. The standard InChI is InChI=1S/C14H10BrCl2FO/c15-7-9-2-4-14(13(18)6-9)19-8-10-1-3-11(16)12(17)5-10/h1-6H,7-8H2. The van der Waals surface area contributed by atoms with Crippen molar-refractivity contribution >= 4 is 39.1 Å². The van der Waals surface area contributed by atoms with Crippen LogP contribution in [0.15, 0.2) is 36.4 Å². The highest BCUT2D eigenvalue weighted by molar-refractivity contribution is 9.08. The Balaban J connectivity index is 2.07. The van der Waals surface area contributed by atoms with Crippen LogP contribution in [0.1, 0.15) is 11.1 Å².